The van der Waals surface area contributed by atoms with Crippen molar-refractivity contribution in [3.8, 4) is 39.1 Å². The van der Waals surface area contributed by atoms with Gasteiger partial charge in [0.2, 0.25) is 0 Å². The van der Waals surface area contributed by atoms with Crippen LogP contribution in [0, 0.1) is 0 Å². The third kappa shape index (κ3) is 4.95. The van der Waals surface area contributed by atoms with Gasteiger partial charge in [-0.25, -0.2) is 0 Å². The van der Waals surface area contributed by atoms with Gasteiger partial charge in [0, 0.05) is 34.3 Å². The predicted molar refractivity (Wildman–Crippen MR) is 215 cm³/mol. The molecule has 0 amide bonds. The first-order valence-corrected chi connectivity index (χ1v) is 17.6. The van der Waals surface area contributed by atoms with Gasteiger partial charge in [-0.1, -0.05) is 140 Å². The molecule has 0 unspecified atom stereocenters. The monoisotopic (exact) mass is 650 g/mol. The number of anilines is 3. The Morgan fingerprint density at radius 1 is 0.392 bits per heavy atom. The minimum absolute atomic E-state index is 0.882. The molecule has 0 saturated carbocycles. The summed E-state index contributed by atoms with van der Waals surface area (Å²) in [6.07, 6.45) is 0.882. The van der Waals surface area contributed by atoms with Crippen molar-refractivity contribution in [2.75, 3.05) is 4.90 Å². The van der Waals surface area contributed by atoms with E-state index in [1.807, 2.05) is 0 Å². The van der Waals surface area contributed by atoms with E-state index in [0.29, 0.717) is 0 Å². The van der Waals surface area contributed by atoms with Gasteiger partial charge < -0.3 is 9.47 Å². The molecule has 2 heteroatoms. The van der Waals surface area contributed by atoms with Crippen molar-refractivity contribution >= 4 is 38.9 Å². The average molecular weight is 651 g/mol. The molecule has 1 aromatic heterocycles. The number of aromatic nitrogens is 1. The molecule has 9 aromatic rings. The second-order valence-electron chi connectivity index (χ2n) is 13.4. The Morgan fingerprint density at radius 3 is 1.80 bits per heavy atom. The Bertz CT molecular complexity index is 2690. The highest BCUT2D eigenvalue weighted by molar-refractivity contribution is 6.10. The van der Waals surface area contributed by atoms with E-state index >= 15 is 0 Å². The molecule has 8 aromatic carbocycles. The molecule has 1 aliphatic carbocycles. The van der Waals surface area contributed by atoms with Gasteiger partial charge in [0.1, 0.15) is 0 Å². The van der Waals surface area contributed by atoms with E-state index in [2.05, 4.69) is 204 Å². The zero-order valence-corrected chi connectivity index (χ0v) is 28.1. The molecule has 1 aliphatic rings. The number of hydrogen-bond donors (Lipinski definition) is 0. The molecule has 0 bridgehead atoms. The summed E-state index contributed by atoms with van der Waals surface area (Å²) in [7, 11) is 0. The number of fused-ring (bicyclic) bond motifs is 6. The van der Waals surface area contributed by atoms with Crippen LogP contribution in [0.5, 0.6) is 0 Å². The maximum atomic E-state index is 2.41. The first kappa shape index (κ1) is 29.3. The highest BCUT2D eigenvalue weighted by atomic mass is 15.1. The van der Waals surface area contributed by atoms with E-state index < -0.39 is 0 Å². The maximum Gasteiger partial charge on any atom is 0.0547 e. The van der Waals surface area contributed by atoms with Crippen molar-refractivity contribution in [3.63, 3.8) is 0 Å². The van der Waals surface area contributed by atoms with Crippen LogP contribution in [0.4, 0.5) is 17.1 Å². The molecule has 51 heavy (non-hydrogen) atoms. The van der Waals surface area contributed by atoms with Crippen molar-refractivity contribution in [3.05, 3.63) is 205 Å². The summed E-state index contributed by atoms with van der Waals surface area (Å²) in [6.45, 7) is 0. The molecular formula is C49H34N2. The average Bonchev–Trinajstić information content (AvgIpc) is 3.75. The van der Waals surface area contributed by atoms with E-state index in [0.717, 1.165) is 17.8 Å². The lowest BCUT2D eigenvalue weighted by Crippen LogP contribution is -2.12. The van der Waals surface area contributed by atoms with Crippen molar-refractivity contribution in [2.45, 2.75) is 6.42 Å². The Kier molecular flexibility index (Phi) is 6.92. The predicted octanol–water partition coefficient (Wildman–Crippen LogP) is 13.2. The van der Waals surface area contributed by atoms with Crippen LogP contribution in [0.15, 0.2) is 194 Å². The third-order valence-corrected chi connectivity index (χ3v) is 10.4. The van der Waals surface area contributed by atoms with Gasteiger partial charge in [-0.2, -0.15) is 0 Å². The minimum atomic E-state index is 0.882. The normalized spacial score (nSPS) is 11.8. The van der Waals surface area contributed by atoms with Gasteiger partial charge in [-0.3, -0.25) is 0 Å². The van der Waals surface area contributed by atoms with E-state index in [1.54, 1.807) is 0 Å². The first-order valence-electron chi connectivity index (χ1n) is 17.6. The van der Waals surface area contributed by atoms with Gasteiger partial charge in [0.15, 0.2) is 0 Å². The molecule has 0 N–H and O–H groups in total. The summed E-state index contributed by atoms with van der Waals surface area (Å²) in [5.74, 6) is 0. The fourth-order valence-electron chi connectivity index (χ4n) is 8.04. The minimum Gasteiger partial charge on any atom is -0.310 e. The lowest BCUT2D eigenvalue weighted by atomic mass is 9.98. The number of nitrogens with zero attached hydrogens (tertiary/aromatic N) is 2. The van der Waals surface area contributed by atoms with Gasteiger partial charge >= 0.3 is 0 Å². The van der Waals surface area contributed by atoms with Crippen molar-refractivity contribution in [2.24, 2.45) is 0 Å². The van der Waals surface area contributed by atoms with Crippen molar-refractivity contribution in [1.82, 2.24) is 4.57 Å². The summed E-state index contributed by atoms with van der Waals surface area (Å²) >= 11 is 0. The van der Waals surface area contributed by atoms with Gasteiger partial charge in [0.25, 0.3) is 0 Å². The highest BCUT2D eigenvalue weighted by Crippen LogP contribution is 2.47. The fraction of sp³-hybridized carbons (Fsp3) is 0.0204. The maximum absolute atomic E-state index is 2.41. The lowest BCUT2D eigenvalue weighted by Gasteiger charge is -2.28. The number of para-hydroxylation sites is 3. The molecule has 240 valence electrons. The van der Waals surface area contributed by atoms with Crippen molar-refractivity contribution < 1.29 is 0 Å². The zero-order valence-electron chi connectivity index (χ0n) is 28.1. The molecule has 0 radical (unpaired) electrons. The smallest absolute Gasteiger partial charge is 0.0547 e. The quantitative estimate of drug-likeness (QED) is 0.174. The molecule has 0 saturated heterocycles. The largest absolute Gasteiger partial charge is 0.310 e. The van der Waals surface area contributed by atoms with Crippen molar-refractivity contribution in [1.29, 1.82) is 0 Å². The van der Waals surface area contributed by atoms with Crippen LogP contribution in [-0.2, 0) is 6.42 Å². The molecule has 1 heterocycles. The second kappa shape index (κ2) is 12.0. The van der Waals surface area contributed by atoms with Gasteiger partial charge in [-0.15, -0.1) is 0 Å². The number of benzene rings is 8. The Labute approximate surface area is 298 Å². The molecule has 2 nitrogen and oxygen atoms in total. The Hall–Kier alpha value is -6.64. The van der Waals surface area contributed by atoms with E-state index in [4.69, 9.17) is 0 Å². The van der Waals surface area contributed by atoms with Crippen LogP contribution in [0.1, 0.15) is 11.1 Å². The van der Waals surface area contributed by atoms with Gasteiger partial charge in [0.05, 0.1) is 16.7 Å². The van der Waals surface area contributed by atoms with Crippen LogP contribution >= 0.6 is 0 Å². The van der Waals surface area contributed by atoms with Crippen LogP contribution in [-0.4, -0.2) is 4.57 Å². The standard InChI is InChI=1S/C49H34N2/c1-4-13-34(14-5-1)35-23-27-41(28-24-35)50(39-15-6-2-7-16-39)48-22-12-20-43-42-29-25-36(31-38(42)32-46(43)48)37-26-30-45-44-19-10-11-21-47(44)51(49(45)33-37)40-17-8-3-9-18-40/h1-31,33H,32H2. The summed E-state index contributed by atoms with van der Waals surface area (Å²) in [4.78, 5) is 2.41. The number of rotatable bonds is 6. The van der Waals surface area contributed by atoms with E-state index in [1.165, 1.54) is 77.7 Å². The Morgan fingerprint density at radius 2 is 1.00 bits per heavy atom. The first-order chi connectivity index (χ1) is 25.3. The molecule has 0 atom stereocenters. The molecule has 0 aliphatic heterocycles. The lowest BCUT2D eigenvalue weighted by molar-refractivity contribution is 1.18. The summed E-state index contributed by atoms with van der Waals surface area (Å²) in [5.41, 5.74) is 17.4. The summed E-state index contributed by atoms with van der Waals surface area (Å²) in [5, 5.41) is 2.55. The molecule has 0 spiro atoms. The topological polar surface area (TPSA) is 8.17 Å². The zero-order chi connectivity index (χ0) is 33.7. The fourth-order valence-corrected chi connectivity index (χ4v) is 8.04. The van der Waals surface area contributed by atoms with Crippen LogP contribution in [0.3, 0.4) is 0 Å². The van der Waals surface area contributed by atoms with Crippen LogP contribution in [0.2, 0.25) is 0 Å². The number of hydrogen-bond acceptors (Lipinski definition) is 1. The molecule has 10 rings (SSSR count). The highest BCUT2D eigenvalue weighted by Gasteiger charge is 2.25. The van der Waals surface area contributed by atoms with Gasteiger partial charge in [-0.05, 0) is 99.1 Å². The molecule has 0 fully saturated rings. The molecular weight excluding hydrogens is 617 g/mol. The van der Waals surface area contributed by atoms with Crippen LogP contribution < -0.4 is 4.90 Å². The summed E-state index contributed by atoms with van der Waals surface area (Å²) in [6, 6.07) is 70.5. The third-order valence-electron chi connectivity index (χ3n) is 10.4. The van der Waals surface area contributed by atoms with E-state index in [9.17, 15) is 0 Å². The second-order valence-corrected chi connectivity index (χ2v) is 13.4. The Balaban J connectivity index is 1.05. The SMILES string of the molecule is c1ccc(-c2ccc(N(c3ccccc3)c3cccc4c3Cc3cc(-c5ccc6c7ccccc7n(-c7ccccc7)c6c5)ccc3-4)cc2)cc1. The van der Waals surface area contributed by atoms with Crippen LogP contribution in [0.25, 0.3) is 60.9 Å². The summed E-state index contributed by atoms with van der Waals surface area (Å²) < 4.78 is 2.40. The van der Waals surface area contributed by atoms with E-state index in [-0.39, 0.29) is 0 Å².